The van der Waals surface area contributed by atoms with Crippen molar-refractivity contribution in [2.75, 3.05) is 22.5 Å². The largest absolute Gasteiger partial charge is 0.497 e. The maximum Gasteiger partial charge on any atom is 0.255 e. The van der Waals surface area contributed by atoms with E-state index in [1.54, 1.807) is 38.3 Å². The summed E-state index contributed by atoms with van der Waals surface area (Å²) < 4.78 is 30.1. The first-order valence-electron chi connectivity index (χ1n) is 7.94. The highest BCUT2D eigenvalue weighted by atomic mass is 32.2. The van der Waals surface area contributed by atoms with Gasteiger partial charge in [0.15, 0.2) is 0 Å². The summed E-state index contributed by atoms with van der Waals surface area (Å²) in [5, 5.41) is 2.74. The van der Waals surface area contributed by atoms with E-state index in [0.717, 1.165) is 4.31 Å². The van der Waals surface area contributed by atoms with Crippen LogP contribution >= 0.6 is 0 Å². The molecule has 0 bridgehead atoms. The number of sulfonamides is 1. The molecule has 7 nitrogen and oxygen atoms in total. The molecule has 1 aliphatic rings. The third kappa shape index (κ3) is 3.41. The molecule has 136 valence electrons. The van der Waals surface area contributed by atoms with Crippen LogP contribution < -0.4 is 14.4 Å². The van der Waals surface area contributed by atoms with Gasteiger partial charge in [0.05, 0.1) is 24.5 Å². The number of carbonyl (C=O) groups is 2. The monoisotopic (exact) mass is 374 g/mol. The van der Waals surface area contributed by atoms with Crippen LogP contribution in [0.3, 0.4) is 0 Å². The average molecular weight is 374 g/mol. The predicted octanol–water partition coefficient (Wildman–Crippen LogP) is 2.26. The lowest BCUT2D eigenvalue weighted by Crippen LogP contribution is -2.30. The van der Waals surface area contributed by atoms with Crippen LogP contribution in [0, 0.1) is 5.92 Å². The first kappa shape index (κ1) is 17.9. The summed E-state index contributed by atoms with van der Waals surface area (Å²) in [4.78, 5) is 24.4. The normalized spacial score (nSPS) is 18.6. The van der Waals surface area contributed by atoms with Gasteiger partial charge in [0.1, 0.15) is 5.75 Å². The molecule has 0 radical (unpaired) electrons. The van der Waals surface area contributed by atoms with Gasteiger partial charge in [0, 0.05) is 11.3 Å². The van der Waals surface area contributed by atoms with Crippen molar-refractivity contribution in [3.63, 3.8) is 0 Å². The summed E-state index contributed by atoms with van der Waals surface area (Å²) in [7, 11) is -2.10. The van der Waals surface area contributed by atoms with Gasteiger partial charge in [-0.3, -0.25) is 9.59 Å². The summed E-state index contributed by atoms with van der Waals surface area (Å²) in [5.41, 5.74) is 1.19. The maximum atomic E-state index is 12.3. The molecule has 8 heteroatoms. The molecular weight excluding hydrogens is 356 g/mol. The molecule has 1 heterocycles. The van der Waals surface area contributed by atoms with Crippen LogP contribution in [0.4, 0.5) is 11.4 Å². The first-order valence-corrected chi connectivity index (χ1v) is 9.55. The van der Waals surface area contributed by atoms with Gasteiger partial charge in [-0.05, 0) is 48.5 Å². The van der Waals surface area contributed by atoms with Gasteiger partial charge in [-0.2, -0.15) is 0 Å². The Hall–Kier alpha value is -2.87. The van der Waals surface area contributed by atoms with Gasteiger partial charge >= 0.3 is 0 Å². The molecule has 1 fully saturated rings. The Morgan fingerprint density at radius 2 is 1.73 bits per heavy atom. The van der Waals surface area contributed by atoms with Crippen molar-refractivity contribution < 1.29 is 22.7 Å². The van der Waals surface area contributed by atoms with E-state index in [2.05, 4.69) is 5.32 Å². The molecule has 0 aliphatic carbocycles. The molecule has 3 rings (SSSR count). The Bertz CT molecular complexity index is 937. The number of rotatable bonds is 4. The number of ether oxygens (including phenoxy) is 1. The Morgan fingerprint density at radius 1 is 1.12 bits per heavy atom. The molecular formula is C18H18N2O5S. The van der Waals surface area contributed by atoms with Gasteiger partial charge in [-0.25, -0.2) is 12.7 Å². The summed E-state index contributed by atoms with van der Waals surface area (Å²) >= 11 is 0. The van der Waals surface area contributed by atoms with Crippen molar-refractivity contribution in [2.24, 2.45) is 5.92 Å². The molecule has 26 heavy (non-hydrogen) atoms. The fourth-order valence-electron chi connectivity index (χ4n) is 2.71. The summed E-state index contributed by atoms with van der Waals surface area (Å²) in [6, 6.07) is 12.8. The standard InChI is InChI=1S/C18H18N2O5S/c1-12-11-26(23,24)20(18(12)22)15-7-3-13(4-8-15)17(21)19-14-5-9-16(25-2)10-6-14/h3-10,12H,11H2,1-2H3,(H,19,21). The van der Waals surface area contributed by atoms with Crippen LogP contribution in [0.25, 0.3) is 0 Å². The molecule has 1 unspecified atom stereocenters. The Kier molecular flexibility index (Phi) is 4.69. The number of anilines is 2. The molecule has 0 saturated carbocycles. The van der Waals surface area contributed by atoms with Gasteiger partial charge in [0.2, 0.25) is 15.9 Å². The molecule has 2 amide bonds. The van der Waals surface area contributed by atoms with Gasteiger partial charge in [0.25, 0.3) is 5.91 Å². The summed E-state index contributed by atoms with van der Waals surface area (Å²) in [6.07, 6.45) is 0. The lowest BCUT2D eigenvalue weighted by molar-refractivity contribution is -0.119. The van der Waals surface area contributed by atoms with Crippen molar-refractivity contribution in [1.82, 2.24) is 0 Å². The van der Waals surface area contributed by atoms with Crippen LogP contribution in [0.2, 0.25) is 0 Å². The fraction of sp³-hybridized carbons (Fsp3) is 0.222. The number of methoxy groups -OCH3 is 1. The van der Waals surface area contributed by atoms with Crippen molar-refractivity contribution in [2.45, 2.75) is 6.92 Å². The minimum atomic E-state index is -3.66. The van der Waals surface area contributed by atoms with Crippen LogP contribution in [0.5, 0.6) is 5.75 Å². The van der Waals surface area contributed by atoms with E-state index in [9.17, 15) is 18.0 Å². The molecule has 2 aromatic carbocycles. The highest BCUT2D eigenvalue weighted by Gasteiger charge is 2.41. The first-order chi connectivity index (χ1) is 12.3. The second-order valence-electron chi connectivity index (χ2n) is 6.01. The van der Waals surface area contributed by atoms with Gasteiger partial charge in [-0.1, -0.05) is 6.92 Å². The van der Waals surface area contributed by atoms with Crippen LogP contribution in [0.15, 0.2) is 48.5 Å². The molecule has 0 spiro atoms. The summed E-state index contributed by atoms with van der Waals surface area (Å²) in [6.45, 7) is 1.58. The van der Waals surface area contributed by atoms with E-state index < -0.39 is 21.8 Å². The zero-order valence-electron chi connectivity index (χ0n) is 14.3. The van der Waals surface area contributed by atoms with Crippen LogP contribution in [0.1, 0.15) is 17.3 Å². The minimum absolute atomic E-state index is 0.203. The predicted molar refractivity (Wildman–Crippen MR) is 97.8 cm³/mol. The van der Waals surface area contributed by atoms with Gasteiger partial charge < -0.3 is 10.1 Å². The Morgan fingerprint density at radius 3 is 2.23 bits per heavy atom. The number of nitrogens with one attached hydrogen (secondary N) is 1. The summed E-state index contributed by atoms with van der Waals surface area (Å²) in [5.74, 6) is -0.895. The van der Waals surface area contributed by atoms with Crippen LogP contribution in [-0.2, 0) is 14.8 Å². The third-order valence-electron chi connectivity index (χ3n) is 4.07. The van der Waals surface area contributed by atoms with E-state index in [0.29, 0.717) is 17.0 Å². The number of hydrogen-bond acceptors (Lipinski definition) is 5. The van der Waals surface area contributed by atoms with E-state index in [4.69, 9.17) is 4.74 Å². The topological polar surface area (TPSA) is 92.8 Å². The second-order valence-corrected chi connectivity index (χ2v) is 7.87. The maximum absolute atomic E-state index is 12.3. The minimum Gasteiger partial charge on any atom is -0.497 e. The smallest absolute Gasteiger partial charge is 0.255 e. The van der Waals surface area contributed by atoms with Crippen molar-refractivity contribution in [3.8, 4) is 5.75 Å². The van der Waals surface area contributed by atoms with Crippen LogP contribution in [-0.4, -0.2) is 33.1 Å². The van der Waals surface area contributed by atoms with E-state index in [1.807, 2.05) is 0 Å². The van der Waals surface area contributed by atoms with Crippen molar-refractivity contribution in [1.29, 1.82) is 0 Å². The molecule has 1 N–H and O–H groups in total. The van der Waals surface area contributed by atoms with E-state index in [-0.39, 0.29) is 17.3 Å². The Labute approximate surface area is 151 Å². The number of amides is 2. The Balaban J connectivity index is 1.76. The fourth-order valence-corrected chi connectivity index (χ4v) is 4.53. The SMILES string of the molecule is COc1ccc(NC(=O)c2ccc(N3C(=O)C(C)CS3(=O)=O)cc2)cc1. The molecule has 2 aromatic rings. The average Bonchev–Trinajstić information content (AvgIpc) is 2.83. The number of nitrogens with zero attached hydrogens (tertiary/aromatic N) is 1. The highest BCUT2D eigenvalue weighted by Crippen LogP contribution is 2.28. The van der Waals surface area contributed by atoms with Gasteiger partial charge in [-0.15, -0.1) is 0 Å². The van der Waals surface area contributed by atoms with Crippen molar-refractivity contribution >= 4 is 33.2 Å². The lowest BCUT2D eigenvalue weighted by atomic mass is 10.1. The molecule has 1 atom stereocenters. The highest BCUT2D eigenvalue weighted by molar-refractivity contribution is 7.94. The third-order valence-corrected chi connectivity index (χ3v) is 5.94. The van der Waals surface area contributed by atoms with Crippen molar-refractivity contribution in [3.05, 3.63) is 54.1 Å². The number of carbonyl (C=O) groups excluding carboxylic acids is 2. The molecule has 1 saturated heterocycles. The molecule has 1 aliphatic heterocycles. The second kappa shape index (κ2) is 6.80. The lowest BCUT2D eigenvalue weighted by Gasteiger charge is -2.15. The number of benzene rings is 2. The molecule has 0 aromatic heterocycles. The van der Waals surface area contributed by atoms with E-state index >= 15 is 0 Å². The zero-order valence-corrected chi connectivity index (χ0v) is 15.1. The number of hydrogen-bond donors (Lipinski definition) is 1. The zero-order chi connectivity index (χ0) is 18.9. The quantitative estimate of drug-likeness (QED) is 0.886. The van der Waals surface area contributed by atoms with E-state index in [1.165, 1.54) is 24.3 Å².